The molecular formula is C21H25N3O4S2. The average molecular weight is 448 g/mol. The third-order valence-corrected chi connectivity index (χ3v) is 6.87. The Hall–Kier alpha value is -2.49. The minimum absolute atomic E-state index is 0.104. The molecule has 1 amide bonds. The molecule has 0 radical (unpaired) electrons. The first-order valence-corrected chi connectivity index (χ1v) is 11.8. The van der Waals surface area contributed by atoms with Crippen LogP contribution in [0.3, 0.4) is 0 Å². The third kappa shape index (κ3) is 5.16. The van der Waals surface area contributed by atoms with Crippen molar-refractivity contribution in [1.29, 1.82) is 0 Å². The number of carbonyl (C=O) groups excluding carboxylic acids is 1. The summed E-state index contributed by atoms with van der Waals surface area (Å²) in [5, 5.41) is 3.64. The largest absolute Gasteiger partial charge is 0.495 e. The van der Waals surface area contributed by atoms with Crippen molar-refractivity contribution in [3.63, 3.8) is 0 Å². The second-order valence-corrected chi connectivity index (χ2v) is 10.3. The zero-order valence-corrected chi connectivity index (χ0v) is 18.9. The lowest BCUT2D eigenvalue weighted by Gasteiger charge is -2.21. The van der Waals surface area contributed by atoms with Gasteiger partial charge in [-0.2, -0.15) is 4.72 Å². The molecular weight excluding hydrogens is 422 g/mol. The van der Waals surface area contributed by atoms with Crippen LogP contribution < -0.4 is 14.8 Å². The number of anilines is 1. The predicted molar refractivity (Wildman–Crippen MR) is 120 cm³/mol. The molecule has 0 unspecified atom stereocenters. The maximum atomic E-state index is 13.0. The first-order chi connectivity index (χ1) is 14.2. The van der Waals surface area contributed by atoms with Gasteiger partial charge in [0.05, 0.1) is 32.9 Å². The highest BCUT2D eigenvalue weighted by Gasteiger charge is 2.27. The lowest BCUT2D eigenvalue weighted by molar-refractivity contribution is -0.118. The number of amides is 1. The molecule has 3 aromatic rings. The summed E-state index contributed by atoms with van der Waals surface area (Å²) in [5.41, 5.74) is 1.24. The standard InChI is InChI=1S/C21H25N3O4S2/c1-13(2)11-18(21(25)23-16-7-5-6-8-19(16)28-4)24-30(26,27)15-9-10-17-20(12-15)29-14(3)22-17/h5-10,12-13,18,24H,11H2,1-4H3,(H,23,25)/t18-/m0/s1. The van der Waals surface area contributed by atoms with Gasteiger partial charge in [-0.3, -0.25) is 4.79 Å². The molecule has 30 heavy (non-hydrogen) atoms. The van der Waals surface area contributed by atoms with Crippen LogP contribution >= 0.6 is 11.3 Å². The number of ether oxygens (including phenoxy) is 1. The molecule has 0 aliphatic carbocycles. The molecule has 7 nitrogen and oxygen atoms in total. The van der Waals surface area contributed by atoms with E-state index in [1.165, 1.54) is 24.5 Å². The number of aromatic nitrogens is 1. The predicted octanol–water partition coefficient (Wildman–Crippen LogP) is 3.95. The molecule has 0 aliphatic rings. The summed E-state index contributed by atoms with van der Waals surface area (Å²) in [4.78, 5) is 17.4. The van der Waals surface area contributed by atoms with E-state index in [1.54, 1.807) is 36.4 Å². The summed E-state index contributed by atoms with van der Waals surface area (Å²) in [7, 11) is -2.39. The highest BCUT2D eigenvalue weighted by atomic mass is 32.2. The van der Waals surface area contributed by atoms with E-state index in [4.69, 9.17) is 4.74 Å². The summed E-state index contributed by atoms with van der Waals surface area (Å²) < 4.78 is 34.7. The van der Waals surface area contributed by atoms with Gasteiger partial charge in [0, 0.05) is 0 Å². The van der Waals surface area contributed by atoms with E-state index in [0.29, 0.717) is 17.9 Å². The molecule has 3 rings (SSSR count). The summed E-state index contributed by atoms with van der Waals surface area (Å²) in [6.45, 7) is 5.74. The molecule has 160 valence electrons. The lowest BCUT2D eigenvalue weighted by atomic mass is 10.0. The Kier molecular flexibility index (Phi) is 6.74. The van der Waals surface area contributed by atoms with Gasteiger partial charge in [0.2, 0.25) is 15.9 Å². The number of nitrogens with one attached hydrogen (secondary N) is 2. The van der Waals surface area contributed by atoms with E-state index in [1.807, 2.05) is 20.8 Å². The van der Waals surface area contributed by atoms with Crippen molar-refractivity contribution >= 4 is 43.2 Å². The fraction of sp³-hybridized carbons (Fsp3) is 0.333. The molecule has 0 aliphatic heterocycles. The van der Waals surface area contributed by atoms with Gasteiger partial charge in [-0.1, -0.05) is 26.0 Å². The summed E-state index contributed by atoms with van der Waals surface area (Å²) in [6, 6.07) is 10.8. The van der Waals surface area contributed by atoms with Gasteiger partial charge in [0.15, 0.2) is 0 Å². The number of carbonyl (C=O) groups is 1. The Morgan fingerprint density at radius 3 is 2.63 bits per heavy atom. The van der Waals surface area contributed by atoms with Crippen LogP contribution in [0.2, 0.25) is 0 Å². The number of fused-ring (bicyclic) bond motifs is 1. The van der Waals surface area contributed by atoms with Gasteiger partial charge in [0.25, 0.3) is 0 Å². The molecule has 0 fully saturated rings. The van der Waals surface area contributed by atoms with Crippen molar-refractivity contribution in [3.8, 4) is 5.75 Å². The van der Waals surface area contributed by atoms with E-state index >= 15 is 0 Å². The normalized spacial score (nSPS) is 12.8. The second kappa shape index (κ2) is 9.11. The topological polar surface area (TPSA) is 97.4 Å². The van der Waals surface area contributed by atoms with Crippen molar-refractivity contribution in [2.45, 2.75) is 38.1 Å². The minimum atomic E-state index is -3.90. The first kappa shape index (κ1) is 22.2. The van der Waals surface area contributed by atoms with E-state index in [0.717, 1.165) is 15.2 Å². The van der Waals surface area contributed by atoms with Crippen molar-refractivity contribution in [1.82, 2.24) is 9.71 Å². The van der Waals surface area contributed by atoms with Crippen molar-refractivity contribution in [2.24, 2.45) is 5.92 Å². The molecule has 2 N–H and O–H groups in total. The van der Waals surface area contributed by atoms with Crippen molar-refractivity contribution in [2.75, 3.05) is 12.4 Å². The van der Waals surface area contributed by atoms with Crippen molar-refractivity contribution < 1.29 is 17.9 Å². The van der Waals surface area contributed by atoms with Crippen LogP contribution in [0.1, 0.15) is 25.3 Å². The number of hydrogen-bond acceptors (Lipinski definition) is 6. The van der Waals surface area contributed by atoms with E-state index in [2.05, 4.69) is 15.0 Å². The number of rotatable bonds is 8. The van der Waals surface area contributed by atoms with Gasteiger partial charge in [-0.05, 0) is 49.6 Å². The Labute approximate surface area is 180 Å². The van der Waals surface area contributed by atoms with Crippen LogP contribution in [0.4, 0.5) is 5.69 Å². The number of aryl methyl sites for hydroxylation is 1. The molecule has 0 bridgehead atoms. The van der Waals surface area contributed by atoms with Gasteiger partial charge >= 0.3 is 0 Å². The Morgan fingerprint density at radius 2 is 1.93 bits per heavy atom. The Balaban J connectivity index is 1.86. The maximum Gasteiger partial charge on any atom is 0.242 e. The van der Waals surface area contributed by atoms with Gasteiger partial charge in [0.1, 0.15) is 11.8 Å². The van der Waals surface area contributed by atoms with Gasteiger partial charge in [-0.25, -0.2) is 13.4 Å². The highest BCUT2D eigenvalue weighted by molar-refractivity contribution is 7.89. The summed E-state index contributed by atoms with van der Waals surface area (Å²) in [5.74, 6) is 0.169. The molecule has 0 saturated heterocycles. The summed E-state index contributed by atoms with van der Waals surface area (Å²) >= 11 is 1.43. The number of thiazole rings is 1. The lowest BCUT2D eigenvalue weighted by Crippen LogP contribution is -2.44. The minimum Gasteiger partial charge on any atom is -0.495 e. The summed E-state index contributed by atoms with van der Waals surface area (Å²) in [6.07, 6.45) is 0.349. The average Bonchev–Trinajstić information content (AvgIpc) is 3.06. The highest BCUT2D eigenvalue weighted by Crippen LogP contribution is 2.26. The zero-order valence-electron chi connectivity index (χ0n) is 17.3. The van der Waals surface area contributed by atoms with Crippen molar-refractivity contribution in [3.05, 3.63) is 47.5 Å². The van der Waals surface area contributed by atoms with Crippen LogP contribution in [0.5, 0.6) is 5.75 Å². The number of hydrogen-bond donors (Lipinski definition) is 2. The zero-order chi connectivity index (χ0) is 21.9. The van der Waals surface area contributed by atoms with Crippen LogP contribution in [0.15, 0.2) is 47.4 Å². The fourth-order valence-corrected chi connectivity index (χ4v) is 5.27. The molecule has 2 aromatic carbocycles. The number of nitrogens with zero attached hydrogens (tertiary/aromatic N) is 1. The van der Waals surface area contributed by atoms with Crippen LogP contribution in [-0.4, -0.2) is 32.5 Å². The van der Waals surface area contributed by atoms with Crippen LogP contribution in [-0.2, 0) is 14.8 Å². The second-order valence-electron chi connectivity index (χ2n) is 7.36. The molecule has 1 aromatic heterocycles. The number of methoxy groups -OCH3 is 1. The number of sulfonamides is 1. The van der Waals surface area contributed by atoms with Gasteiger partial charge < -0.3 is 10.1 Å². The smallest absolute Gasteiger partial charge is 0.242 e. The SMILES string of the molecule is COc1ccccc1NC(=O)[C@H](CC(C)C)NS(=O)(=O)c1ccc2nc(C)sc2c1. The number of benzene rings is 2. The van der Waals surface area contributed by atoms with Gasteiger partial charge in [-0.15, -0.1) is 11.3 Å². The molecule has 9 heteroatoms. The van der Waals surface area contributed by atoms with E-state index in [-0.39, 0.29) is 10.8 Å². The Bertz CT molecular complexity index is 1160. The number of para-hydroxylation sites is 2. The van der Waals surface area contributed by atoms with E-state index in [9.17, 15) is 13.2 Å². The third-order valence-electron chi connectivity index (χ3n) is 4.46. The first-order valence-electron chi connectivity index (χ1n) is 9.53. The van der Waals surface area contributed by atoms with Crippen LogP contribution in [0, 0.1) is 12.8 Å². The maximum absolute atomic E-state index is 13.0. The monoisotopic (exact) mass is 447 g/mol. The quantitative estimate of drug-likeness (QED) is 0.545. The molecule has 1 atom stereocenters. The fourth-order valence-electron chi connectivity index (χ4n) is 3.09. The Morgan fingerprint density at radius 1 is 1.20 bits per heavy atom. The molecule has 1 heterocycles. The van der Waals surface area contributed by atoms with Crippen LogP contribution in [0.25, 0.3) is 10.2 Å². The molecule has 0 saturated carbocycles. The van der Waals surface area contributed by atoms with E-state index < -0.39 is 22.0 Å². The molecule has 0 spiro atoms.